The second-order valence-electron chi connectivity index (χ2n) is 7.32. The molecule has 0 spiro atoms. The van der Waals surface area contributed by atoms with Crippen molar-refractivity contribution in [3.63, 3.8) is 0 Å². The van der Waals surface area contributed by atoms with Crippen LogP contribution < -0.4 is 5.32 Å². The van der Waals surface area contributed by atoms with Crippen molar-refractivity contribution in [2.75, 3.05) is 18.4 Å². The molecule has 1 aliphatic rings. The first-order chi connectivity index (χ1) is 12.6. The molecule has 0 aromatic carbocycles. The van der Waals surface area contributed by atoms with Crippen LogP contribution in [-0.4, -0.2) is 38.8 Å². The van der Waals surface area contributed by atoms with Gasteiger partial charge in [0.05, 0.1) is 5.69 Å². The van der Waals surface area contributed by atoms with Crippen molar-refractivity contribution >= 4 is 17.5 Å². The smallest absolute Gasteiger partial charge is 0.222 e. The van der Waals surface area contributed by atoms with Crippen molar-refractivity contribution in [1.29, 1.82) is 0 Å². The molecule has 1 amide bonds. The van der Waals surface area contributed by atoms with Crippen LogP contribution in [0.25, 0.3) is 0 Å². The Hall–Kier alpha value is -2.50. The lowest BCUT2D eigenvalue weighted by molar-refractivity contribution is -0.133. The lowest BCUT2D eigenvalue weighted by Crippen LogP contribution is -2.39. The molecule has 2 aromatic rings. The van der Waals surface area contributed by atoms with Gasteiger partial charge in [0.1, 0.15) is 5.82 Å². The van der Waals surface area contributed by atoms with Crippen LogP contribution in [0, 0.1) is 11.8 Å². The van der Waals surface area contributed by atoms with Gasteiger partial charge in [0.2, 0.25) is 5.91 Å². The number of hydrogen-bond acceptors (Lipinski definition) is 5. The van der Waals surface area contributed by atoms with Crippen molar-refractivity contribution in [3.8, 4) is 0 Å². The number of amides is 1. The van der Waals surface area contributed by atoms with E-state index in [2.05, 4.69) is 34.1 Å². The predicted molar refractivity (Wildman–Crippen MR) is 102 cm³/mol. The van der Waals surface area contributed by atoms with Gasteiger partial charge in [-0.1, -0.05) is 19.9 Å². The summed E-state index contributed by atoms with van der Waals surface area (Å²) in [7, 11) is 0. The van der Waals surface area contributed by atoms with Crippen molar-refractivity contribution in [3.05, 3.63) is 42.5 Å². The second-order valence-corrected chi connectivity index (χ2v) is 7.32. The van der Waals surface area contributed by atoms with Crippen molar-refractivity contribution < 1.29 is 4.79 Å². The topological polar surface area (TPSA) is 71.0 Å². The molecule has 1 fully saturated rings. The molecule has 138 valence electrons. The fourth-order valence-electron chi connectivity index (χ4n) is 3.32. The molecular weight excluding hydrogens is 326 g/mol. The molecule has 26 heavy (non-hydrogen) atoms. The Morgan fingerprint density at radius 3 is 2.62 bits per heavy atom. The van der Waals surface area contributed by atoms with E-state index in [9.17, 15) is 4.79 Å². The van der Waals surface area contributed by atoms with Crippen LogP contribution >= 0.6 is 0 Å². The third-order valence-electron chi connectivity index (χ3n) is 4.72. The number of piperidine rings is 1. The Bertz CT molecular complexity index is 711. The van der Waals surface area contributed by atoms with Crippen LogP contribution in [0.5, 0.6) is 0 Å². The Morgan fingerprint density at radius 2 is 1.92 bits per heavy atom. The maximum atomic E-state index is 12.2. The Labute approximate surface area is 155 Å². The normalized spacial score (nSPS) is 15.3. The molecule has 1 saturated heterocycles. The van der Waals surface area contributed by atoms with Gasteiger partial charge in [-0.15, -0.1) is 0 Å². The number of nitrogens with one attached hydrogen (secondary N) is 1. The van der Waals surface area contributed by atoms with Crippen molar-refractivity contribution in [1.82, 2.24) is 19.9 Å². The van der Waals surface area contributed by atoms with Crippen LogP contribution in [0.15, 0.2) is 36.8 Å². The Morgan fingerprint density at radius 1 is 1.15 bits per heavy atom. The van der Waals surface area contributed by atoms with Crippen LogP contribution in [0.3, 0.4) is 0 Å². The van der Waals surface area contributed by atoms with Gasteiger partial charge >= 0.3 is 0 Å². The summed E-state index contributed by atoms with van der Waals surface area (Å²) in [6.07, 6.45) is 8.74. The number of likely N-dealkylation sites (tertiary alicyclic amines) is 1. The molecule has 2 aromatic heterocycles. The standard InChI is InChI=1S/C20H27N5O/c1-15(2)13-19(26)25-11-6-16(7-12-25)14-17-20(23-10-9-21-17)24-18-5-3-4-8-22-18/h3-5,8-10,15-16H,6-7,11-14H2,1-2H3,(H,22,23,24). The summed E-state index contributed by atoms with van der Waals surface area (Å²) < 4.78 is 0. The number of carbonyl (C=O) groups is 1. The van der Waals surface area contributed by atoms with Gasteiger partial charge in [0.15, 0.2) is 5.82 Å². The molecule has 3 rings (SSSR count). The third kappa shape index (κ3) is 5.00. The van der Waals surface area contributed by atoms with Crippen LogP contribution in [0.1, 0.15) is 38.8 Å². The zero-order valence-electron chi connectivity index (χ0n) is 15.6. The monoisotopic (exact) mass is 353 g/mol. The van der Waals surface area contributed by atoms with Crippen LogP contribution in [-0.2, 0) is 11.2 Å². The van der Waals surface area contributed by atoms with Gasteiger partial charge in [-0.25, -0.2) is 9.97 Å². The number of nitrogens with zero attached hydrogens (tertiary/aromatic N) is 4. The van der Waals surface area contributed by atoms with E-state index >= 15 is 0 Å². The van der Waals surface area contributed by atoms with E-state index in [1.54, 1.807) is 18.6 Å². The van der Waals surface area contributed by atoms with Crippen molar-refractivity contribution in [2.24, 2.45) is 11.8 Å². The zero-order chi connectivity index (χ0) is 18.4. The first-order valence-electron chi connectivity index (χ1n) is 9.37. The Kier molecular flexibility index (Phi) is 6.15. The van der Waals surface area contributed by atoms with Gasteiger partial charge in [-0.3, -0.25) is 9.78 Å². The predicted octanol–water partition coefficient (Wildman–Crippen LogP) is 3.44. The van der Waals surface area contributed by atoms with Gasteiger partial charge in [0.25, 0.3) is 0 Å². The van der Waals surface area contributed by atoms with E-state index < -0.39 is 0 Å². The van der Waals surface area contributed by atoms with Gasteiger partial charge in [-0.05, 0) is 43.2 Å². The van der Waals surface area contributed by atoms with Crippen LogP contribution in [0.2, 0.25) is 0 Å². The van der Waals surface area contributed by atoms with Gasteiger partial charge < -0.3 is 10.2 Å². The molecule has 0 unspecified atom stereocenters. The molecule has 0 radical (unpaired) electrons. The summed E-state index contributed by atoms with van der Waals surface area (Å²) in [5, 5.41) is 3.26. The number of rotatable bonds is 6. The number of aromatic nitrogens is 3. The average molecular weight is 353 g/mol. The minimum atomic E-state index is 0.287. The van der Waals surface area contributed by atoms with E-state index in [-0.39, 0.29) is 5.91 Å². The second kappa shape index (κ2) is 8.74. The number of hydrogen-bond donors (Lipinski definition) is 1. The molecule has 0 bridgehead atoms. The number of carbonyl (C=O) groups excluding carboxylic acids is 1. The zero-order valence-corrected chi connectivity index (χ0v) is 15.6. The summed E-state index contributed by atoms with van der Waals surface area (Å²) >= 11 is 0. The van der Waals surface area contributed by atoms with E-state index in [1.165, 1.54) is 0 Å². The summed E-state index contributed by atoms with van der Waals surface area (Å²) in [5.41, 5.74) is 0.963. The third-order valence-corrected chi connectivity index (χ3v) is 4.72. The summed E-state index contributed by atoms with van der Waals surface area (Å²) in [4.78, 5) is 27.5. The molecule has 1 N–H and O–H groups in total. The van der Waals surface area contributed by atoms with Crippen LogP contribution in [0.4, 0.5) is 11.6 Å². The molecular formula is C20H27N5O. The molecule has 0 atom stereocenters. The van der Waals surface area contributed by atoms with E-state index in [1.807, 2.05) is 23.1 Å². The molecule has 0 saturated carbocycles. The maximum absolute atomic E-state index is 12.2. The van der Waals surface area contributed by atoms with Crippen molar-refractivity contribution in [2.45, 2.75) is 39.5 Å². The average Bonchev–Trinajstić information content (AvgIpc) is 2.64. The molecule has 6 heteroatoms. The maximum Gasteiger partial charge on any atom is 0.222 e. The van der Waals surface area contributed by atoms with E-state index in [0.29, 0.717) is 18.3 Å². The lowest BCUT2D eigenvalue weighted by Gasteiger charge is -2.32. The van der Waals surface area contributed by atoms with E-state index in [0.717, 1.165) is 49.7 Å². The molecule has 3 heterocycles. The van der Waals surface area contributed by atoms with Gasteiger partial charge in [0, 0.05) is 38.1 Å². The lowest BCUT2D eigenvalue weighted by atomic mass is 9.91. The highest BCUT2D eigenvalue weighted by molar-refractivity contribution is 5.76. The summed E-state index contributed by atoms with van der Waals surface area (Å²) in [6, 6.07) is 5.74. The number of pyridine rings is 1. The number of anilines is 2. The Balaban J connectivity index is 1.58. The molecule has 6 nitrogen and oxygen atoms in total. The van der Waals surface area contributed by atoms with Gasteiger partial charge in [-0.2, -0.15) is 0 Å². The molecule has 0 aliphatic carbocycles. The minimum absolute atomic E-state index is 0.287. The fraction of sp³-hybridized carbons (Fsp3) is 0.500. The fourth-order valence-corrected chi connectivity index (χ4v) is 3.32. The molecule has 1 aliphatic heterocycles. The largest absolute Gasteiger partial charge is 0.343 e. The first kappa shape index (κ1) is 18.3. The summed E-state index contributed by atoms with van der Waals surface area (Å²) in [6.45, 7) is 5.88. The highest BCUT2D eigenvalue weighted by Gasteiger charge is 2.24. The first-order valence-corrected chi connectivity index (χ1v) is 9.37. The highest BCUT2D eigenvalue weighted by atomic mass is 16.2. The highest BCUT2D eigenvalue weighted by Crippen LogP contribution is 2.25. The quantitative estimate of drug-likeness (QED) is 0.861. The van der Waals surface area contributed by atoms with E-state index in [4.69, 9.17) is 0 Å². The minimum Gasteiger partial charge on any atom is -0.343 e. The SMILES string of the molecule is CC(C)CC(=O)N1CCC(Cc2nccnc2Nc2ccccn2)CC1. The summed E-state index contributed by atoms with van der Waals surface area (Å²) in [5.74, 6) is 2.77.